The lowest BCUT2D eigenvalue weighted by atomic mass is 10.1. The number of sulfone groups is 1. The number of aryl methyl sites for hydroxylation is 1. The molecule has 0 saturated heterocycles. The standard InChI is InChI=1S/C11H16O3S/c1-8-4-6-10(7-5-8)11(12)9(2)15(3,13)14/h4-7,9,11-12H,1-3H3/t9-,11-/m1/s1. The molecule has 0 amide bonds. The molecule has 0 aromatic heterocycles. The second-order valence-corrected chi connectivity index (χ2v) is 6.29. The van der Waals surface area contributed by atoms with Crippen molar-refractivity contribution >= 4 is 9.84 Å². The largest absolute Gasteiger partial charge is 0.387 e. The minimum absolute atomic E-state index is 0.638. The van der Waals surface area contributed by atoms with Crippen LogP contribution in [0.1, 0.15) is 24.2 Å². The van der Waals surface area contributed by atoms with Crippen LogP contribution < -0.4 is 0 Å². The normalized spacial score (nSPS) is 16.0. The predicted octanol–water partition coefficient (Wildman–Crippen LogP) is 1.46. The summed E-state index contributed by atoms with van der Waals surface area (Å²) in [6, 6.07) is 7.21. The maximum atomic E-state index is 11.3. The van der Waals surface area contributed by atoms with Crippen LogP contribution in [0.15, 0.2) is 24.3 Å². The molecule has 0 radical (unpaired) electrons. The summed E-state index contributed by atoms with van der Waals surface area (Å²) in [6.07, 6.45) is 0.176. The number of rotatable bonds is 3. The number of hydrogen-bond donors (Lipinski definition) is 1. The Morgan fingerprint density at radius 3 is 2.07 bits per heavy atom. The lowest BCUT2D eigenvalue weighted by Crippen LogP contribution is -2.24. The zero-order chi connectivity index (χ0) is 11.6. The molecule has 0 unspecified atom stereocenters. The first-order valence-electron chi connectivity index (χ1n) is 4.76. The molecule has 0 spiro atoms. The molecule has 0 saturated carbocycles. The fourth-order valence-electron chi connectivity index (χ4n) is 1.27. The molecule has 0 aliphatic rings. The molecule has 15 heavy (non-hydrogen) atoms. The van der Waals surface area contributed by atoms with Crippen molar-refractivity contribution in [2.75, 3.05) is 6.26 Å². The third kappa shape index (κ3) is 3.04. The number of aliphatic hydroxyl groups is 1. The van der Waals surface area contributed by atoms with Crippen LogP contribution in [0, 0.1) is 6.92 Å². The first-order valence-corrected chi connectivity index (χ1v) is 6.71. The van der Waals surface area contributed by atoms with Gasteiger partial charge >= 0.3 is 0 Å². The van der Waals surface area contributed by atoms with Gasteiger partial charge in [-0.2, -0.15) is 0 Å². The smallest absolute Gasteiger partial charge is 0.152 e. The Morgan fingerprint density at radius 2 is 1.67 bits per heavy atom. The summed E-state index contributed by atoms with van der Waals surface area (Å²) in [4.78, 5) is 0. The van der Waals surface area contributed by atoms with Gasteiger partial charge in [-0.15, -0.1) is 0 Å². The molecule has 1 aromatic rings. The first kappa shape index (κ1) is 12.2. The lowest BCUT2D eigenvalue weighted by molar-refractivity contribution is 0.176. The van der Waals surface area contributed by atoms with Gasteiger partial charge in [-0.25, -0.2) is 8.42 Å². The van der Waals surface area contributed by atoms with Gasteiger partial charge in [-0.1, -0.05) is 29.8 Å². The third-order valence-corrected chi connectivity index (χ3v) is 4.15. The monoisotopic (exact) mass is 228 g/mol. The Labute approximate surface area is 90.7 Å². The Balaban J connectivity index is 2.95. The van der Waals surface area contributed by atoms with E-state index in [2.05, 4.69) is 0 Å². The fraction of sp³-hybridized carbons (Fsp3) is 0.455. The van der Waals surface area contributed by atoms with Crippen LogP contribution in [-0.4, -0.2) is 25.0 Å². The molecule has 0 fully saturated rings. The van der Waals surface area contributed by atoms with Crippen molar-refractivity contribution in [2.24, 2.45) is 0 Å². The molecule has 1 aromatic carbocycles. The van der Waals surface area contributed by atoms with Gasteiger partial charge < -0.3 is 5.11 Å². The van der Waals surface area contributed by atoms with E-state index in [-0.39, 0.29) is 0 Å². The Hall–Kier alpha value is -0.870. The summed E-state index contributed by atoms with van der Waals surface area (Å²) in [5, 5.41) is 9.06. The van der Waals surface area contributed by atoms with E-state index in [0.717, 1.165) is 11.8 Å². The van der Waals surface area contributed by atoms with Crippen molar-refractivity contribution in [3.05, 3.63) is 35.4 Å². The van der Waals surface area contributed by atoms with Crippen LogP contribution in [0.3, 0.4) is 0 Å². The van der Waals surface area contributed by atoms with E-state index >= 15 is 0 Å². The molecular weight excluding hydrogens is 212 g/mol. The maximum Gasteiger partial charge on any atom is 0.152 e. The van der Waals surface area contributed by atoms with Gasteiger partial charge in [0.25, 0.3) is 0 Å². The van der Waals surface area contributed by atoms with Crippen molar-refractivity contribution < 1.29 is 13.5 Å². The summed E-state index contributed by atoms with van der Waals surface area (Å²) in [7, 11) is -3.21. The fourth-order valence-corrected chi connectivity index (χ4v) is 1.89. The predicted molar refractivity (Wildman–Crippen MR) is 60.4 cm³/mol. The van der Waals surface area contributed by atoms with Gasteiger partial charge in [0.05, 0.1) is 11.4 Å². The second kappa shape index (κ2) is 4.33. The summed E-state index contributed by atoms with van der Waals surface area (Å²) >= 11 is 0. The van der Waals surface area contributed by atoms with Crippen LogP contribution >= 0.6 is 0 Å². The Morgan fingerprint density at radius 1 is 1.20 bits per heavy atom. The summed E-state index contributed by atoms with van der Waals surface area (Å²) in [5.74, 6) is 0. The second-order valence-electron chi connectivity index (χ2n) is 3.89. The minimum Gasteiger partial charge on any atom is -0.387 e. The van der Waals surface area contributed by atoms with Crippen LogP contribution in [0.25, 0.3) is 0 Å². The molecule has 0 aliphatic carbocycles. The zero-order valence-corrected chi connectivity index (χ0v) is 9.95. The van der Waals surface area contributed by atoms with Gasteiger partial charge in [0.15, 0.2) is 9.84 Å². The number of benzene rings is 1. The average molecular weight is 228 g/mol. The molecule has 4 heteroatoms. The van der Waals surface area contributed by atoms with E-state index in [0.29, 0.717) is 5.56 Å². The number of hydrogen-bond acceptors (Lipinski definition) is 3. The molecule has 0 bridgehead atoms. The summed E-state index contributed by atoms with van der Waals surface area (Å²) < 4.78 is 22.5. The van der Waals surface area contributed by atoms with Crippen molar-refractivity contribution in [3.63, 3.8) is 0 Å². The van der Waals surface area contributed by atoms with Gasteiger partial charge in [0.2, 0.25) is 0 Å². The summed E-state index contributed by atoms with van der Waals surface area (Å²) in [5.41, 5.74) is 1.72. The van der Waals surface area contributed by atoms with E-state index in [1.54, 1.807) is 12.1 Å². The van der Waals surface area contributed by atoms with Crippen LogP contribution in [0.4, 0.5) is 0 Å². The molecule has 0 heterocycles. The quantitative estimate of drug-likeness (QED) is 0.852. The highest BCUT2D eigenvalue weighted by molar-refractivity contribution is 7.91. The first-order chi connectivity index (χ1) is 6.82. The van der Waals surface area contributed by atoms with Crippen molar-refractivity contribution in [1.82, 2.24) is 0 Å². The molecule has 1 N–H and O–H groups in total. The Bertz CT molecular complexity index is 420. The van der Waals surface area contributed by atoms with E-state index in [1.165, 1.54) is 6.92 Å². The van der Waals surface area contributed by atoms with Crippen molar-refractivity contribution in [2.45, 2.75) is 25.2 Å². The summed E-state index contributed by atoms with van der Waals surface area (Å²) in [6.45, 7) is 3.45. The highest BCUT2D eigenvalue weighted by atomic mass is 32.2. The van der Waals surface area contributed by atoms with Gasteiger partial charge in [0, 0.05) is 6.26 Å². The van der Waals surface area contributed by atoms with Crippen LogP contribution in [0.5, 0.6) is 0 Å². The lowest BCUT2D eigenvalue weighted by Gasteiger charge is -2.17. The molecule has 0 aliphatic heterocycles. The van der Waals surface area contributed by atoms with Gasteiger partial charge in [-0.05, 0) is 19.4 Å². The van der Waals surface area contributed by atoms with Crippen LogP contribution in [0.2, 0.25) is 0 Å². The third-order valence-electron chi connectivity index (χ3n) is 2.54. The number of aliphatic hydroxyl groups excluding tert-OH is 1. The topological polar surface area (TPSA) is 54.4 Å². The highest BCUT2D eigenvalue weighted by Gasteiger charge is 2.25. The van der Waals surface area contributed by atoms with Crippen molar-refractivity contribution in [1.29, 1.82) is 0 Å². The molecular formula is C11H16O3S. The van der Waals surface area contributed by atoms with E-state index in [4.69, 9.17) is 0 Å². The zero-order valence-electron chi connectivity index (χ0n) is 9.14. The van der Waals surface area contributed by atoms with Gasteiger partial charge in [-0.3, -0.25) is 0 Å². The maximum absolute atomic E-state index is 11.3. The highest BCUT2D eigenvalue weighted by Crippen LogP contribution is 2.21. The molecule has 2 atom stereocenters. The molecule has 3 nitrogen and oxygen atoms in total. The van der Waals surface area contributed by atoms with Crippen LogP contribution in [-0.2, 0) is 9.84 Å². The SMILES string of the molecule is Cc1ccc([C@H](O)[C@@H](C)S(C)(=O)=O)cc1. The van der Waals surface area contributed by atoms with E-state index < -0.39 is 21.2 Å². The van der Waals surface area contributed by atoms with Crippen molar-refractivity contribution in [3.8, 4) is 0 Å². The molecule has 84 valence electrons. The Kier molecular flexibility index (Phi) is 3.52. The minimum atomic E-state index is -3.21. The van der Waals surface area contributed by atoms with Gasteiger partial charge in [0.1, 0.15) is 0 Å². The average Bonchev–Trinajstić information content (AvgIpc) is 2.15. The van der Waals surface area contributed by atoms with E-state index in [1.807, 2.05) is 19.1 Å². The van der Waals surface area contributed by atoms with E-state index in [9.17, 15) is 13.5 Å². The molecule has 1 rings (SSSR count).